The van der Waals surface area contributed by atoms with Crippen molar-refractivity contribution in [1.29, 1.82) is 0 Å². The van der Waals surface area contributed by atoms with Crippen LogP contribution in [-0.2, 0) is 5.41 Å². The Hall–Kier alpha value is -9.46. The largest absolute Gasteiger partial charge is 0.485 e. The number of carboxylic acid groups (broad SMARTS) is 2. The summed E-state index contributed by atoms with van der Waals surface area (Å²) in [6.45, 7) is 5.62. The van der Waals surface area contributed by atoms with Gasteiger partial charge in [0.25, 0.3) is 0 Å². The molecule has 4 unspecified atom stereocenters. The third kappa shape index (κ3) is 7.99. The van der Waals surface area contributed by atoms with Gasteiger partial charge in [-0.2, -0.15) is 17.5 Å². The highest BCUT2D eigenvalue weighted by atomic mass is 32.1. The van der Waals surface area contributed by atoms with E-state index in [9.17, 15) is 19.8 Å². The fourth-order valence-electron chi connectivity index (χ4n) is 16.1. The molecule has 0 amide bonds. The maximum atomic E-state index is 13.0. The van der Waals surface area contributed by atoms with Gasteiger partial charge in [0, 0.05) is 68.9 Å². The normalized spacial score (nSPS) is 18.7. The van der Waals surface area contributed by atoms with Crippen molar-refractivity contribution in [1.82, 2.24) is 17.5 Å². The smallest absolute Gasteiger partial charge is 0.335 e. The molecule has 2 aliphatic carbocycles. The number of hydrogen-bond donors (Lipinski definition) is 2. The van der Waals surface area contributed by atoms with Crippen LogP contribution in [0.2, 0.25) is 0 Å². The molecule has 18 rings (SSSR count). The third-order valence-corrected chi connectivity index (χ3v) is 23.6. The van der Waals surface area contributed by atoms with E-state index in [2.05, 4.69) is 145 Å². The Kier molecular flexibility index (Phi) is 12.8. The highest BCUT2D eigenvalue weighted by molar-refractivity contribution is 7.18. The van der Waals surface area contributed by atoms with Gasteiger partial charge in [-0.3, -0.25) is 0 Å². The summed E-state index contributed by atoms with van der Waals surface area (Å²) in [5.41, 5.74) is 17.4. The number of anilines is 4. The molecule has 1 fully saturated rings. The zero-order valence-corrected chi connectivity index (χ0v) is 53.1. The standard InChI is InChI=1S/C74H56N6O8S4/c1-3-44-48-22-18-38(36-58(48)79(56(44)4-2)42-12-7-5-8-13-42)45-24-26-50(62-60(45)75-91-77-62)68-64-66(87-32-30-85-64)70(89-68)74(54-28-20-40(72(81)82)34-52(54)53-35-41(73(83)84)21-29-55(53)74)71-67-65(86-31-33-88-67)69(90-71)51-27-25-46(61-63(51)78-92-76-61)39-19-23-49-47-16-11-17-57(47)80(59(49)37-39)43-14-9-6-10-15-43/h5-10,12-15,18-29,34-37,44,47,56-57H,3-4,11,16-17,30-33H2,1-2H3,(H,81,82)(H,83,84). The van der Waals surface area contributed by atoms with Crippen molar-refractivity contribution < 1.29 is 38.7 Å². The number of hydrogen-bond acceptors (Lipinski definition) is 16. The Morgan fingerprint density at radius 1 is 0.500 bits per heavy atom. The molecule has 12 aromatic rings. The number of rotatable bonds is 12. The van der Waals surface area contributed by atoms with Crippen molar-refractivity contribution in [3.05, 3.63) is 201 Å². The minimum Gasteiger partial charge on any atom is -0.485 e. The van der Waals surface area contributed by atoms with E-state index in [1.807, 2.05) is 12.1 Å². The van der Waals surface area contributed by atoms with E-state index in [1.54, 1.807) is 24.3 Å². The first-order valence-electron chi connectivity index (χ1n) is 31.3. The molecular formula is C74H56N6O8S4. The lowest BCUT2D eigenvalue weighted by Crippen LogP contribution is -2.29. The van der Waals surface area contributed by atoms with Crippen LogP contribution in [0.25, 0.3) is 76.3 Å². The Labute approximate surface area is 545 Å². The number of aromatic carboxylic acids is 2. The van der Waals surface area contributed by atoms with Gasteiger partial charge in [-0.25, -0.2) is 9.59 Å². The van der Waals surface area contributed by atoms with Crippen molar-refractivity contribution in [2.24, 2.45) is 0 Å². The Bertz CT molecular complexity index is 5000. The molecule has 0 saturated heterocycles. The average Bonchev–Trinajstić information content (AvgIpc) is 1.51. The second-order valence-electron chi connectivity index (χ2n) is 24.4. The zero-order valence-electron chi connectivity index (χ0n) is 49.8. The molecule has 18 heteroatoms. The fraction of sp³-hybridized carbons (Fsp3) is 0.216. The maximum Gasteiger partial charge on any atom is 0.335 e. The Balaban J connectivity index is 0.831. The van der Waals surface area contributed by atoms with Gasteiger partial charge >= 0.3 is 11.9 Å². The summed E-state index contributed by atoms with van der Waals surface area (Å²) in [5.74, 6) is 0.731. The van der Waals surface area contributed by atoms with E-state index in [0.717, 1.165) is 83.2 Å². The van der Waals surface area contributed by atoms with E-state index in [-0.39, 0.29) is 37.6 Å². The van der Waals surface area contributed by atoms with E-state index in [0.29, 0.717) is 80.2 Å². The van der Waals surface area contributed by atoms with Crippen LogP contribution in [-0.4, -0.2) is 78.2 Å². The van der Waals surface area contributed by atoms with E-state index in [1.165, 1.54) is 92.8 Å². The lowest BCUT2D eigenvalue weighted by atomic mass is 9.74. The first-order valence-corrected chi connectivity index (χ1v) is 34.4. The molecular weight excluding hydrogens is 1230 g/mol. The molecule has 2 N–H and O–H groups in total. The topological polar surface area (TPSA) is 170 Å². The molecule has 0 radical (unpaired) electrons. The van der Waals surface area contributed by atoms with E-state index >= 15 is 0 Å². The molecule has 0 spiro atoms. The van der Waals surface area contributed by atoms with E-state index in [4.69, 9.17) is 36.4 Å². The number of carbonyl (C=O) groups is 2. The molecule has 4 aliphatic heterocycles. The summed E-state index contributed by atoms with van der Waals surface area (Å²) in [4.78, 5) is 34.2. The highest BCUT2D eigenvalue weighted by Crippen LogP contribution is 2.69. The van der Waals surface area contributed by atoms with Crippen molar-refractivity contribution in [3.63, 3.8) is 0 Å². The van der Waals surface area contributed by atoms with E-state index < -0.39 is 17.4 Å². The van der Waals surface area contributed by atoms with Gasteiger partial charge < -0.3 is 39.0 Å². The zero-order chi connectivity index (χ0) is 61.7. The molecule has 8 heterocycles. The van der Waals surface area contributed by atoms with Crippen LogP contribution in [0, 0.1) is 0 Å². The van der Waals surface area contributed by atoms with Crippen molar-refractivity contribution in [2.75, 3.05) is 36.2 Å². The molecule has 0 bridgehead atoms. The van der Waals surface area contributed by atoms with Crippen LogP contribution in [0.4, 0.5) is 22.7 Å². The molecule has 92 heavy (non-hydrogen) atoms. The van der Waals surface area contributed by atoms with Gasteiger partial charge in [-0.15, -0.1) is 22.7 Å². The predicted molar refractivity (Wildman–Crippen MR) is 364 cm³/mol. The third-order valence-electron chi connectivity index (χ3n) is 20.0. The maximum absolute atomic E-state index is 13.0. The molecule has 1 saturated carbocycles. The number of fused-ring (bicyclic) bond motifs is 11. The van der Waals surface area contributed by atoms with Crippen LogP contribution < -0.4 is 28.7 Å². The van der Waals surface area contributed by atoms with Crippen molar-refractivity contribution >= 4 is 103 Å². The Morgan fingerprint density at radius 3 is 1.47 bits per heavy atom. The number of para-hydroxylation sites is 2. The second-order valence-corrected chi connectivity index (χ2v) is 27.5. The number of benzene rings is 8. The lowest BCUT2D eigenvalue weighted by molar-refractivity contribution is 0.0686. The molecule has 8 aromatic carbocycles. The fourth-order valence-corrected chi connectivity index (χ4v) is 20.2. The molecule has 14 nitrogen and oxygen atoms in total. The summed E-state index contributed by atoms with van der Waals surface area (Å²) in [6, 6.07) is 54.7. The second kappa shape index (κ2) is 21.3. The van der Waals surface area contributed by atoms with Gasteiger partial charge in [0.1, 0.15) is 48.5 Å². The van der Waals surface area contributed by atoms with Crippen LogP contribution in [0.3, 0.4) is 0 Å². The molecule has 4 aromatic heterocycles. The lowest BCUT2D eigenvalue weighted by Gasteiger charge is -2.33. The highest BCUT2D eigenvalue weighted by Gasteiger charge is 2.55. The number of aromatic nitrogens is 4. The van der Waals surface area contributed by atoms with Crippen molar-refractivity contribution in [2.45, 2.75) is 75.3 Å². The first kappa shape index (κ1) is 55.4. The van der Waals surface area contributed by atoms with Crippen LogP contribution in [0.1, 0.15) is 111 Å². The first-order chi connectivity index (χ1) is 45.2. The van der Waals surface area contributed by atoms with Gasteiger partial charge in [0.05, 0.1) is 59.5 Å². The van der Waals surface area contributed by atoms with Gasteiger partial charge in [-0.05, 0) is 131 Å². The SMILES string of the molecule is CCC1c2ccc(-c3ccc(-c4sc(C5(c6sc(-c7ccc(-c8ccc9c(c8)N(c8ccccc8)C8CCCC98)c8nsnc78)c7c6OCCO7)c6ccc(C(=O)O)cc6-c6cc(C(=O)O)ccc65)c5c4OCCO5)c4nsnc34)cc2N(c2ccccc2)C1CC. The quantitative estimate of drug-likeness (QED) is 0.118. The number of nitrogens with zero attached hydrogens (tertiary/aromatic N) is 6. The molecule has 6 aliphatic rings. The summed E-state index contributed by atoms with van der Waals surface area (Å²) in [5, 5.41) is 21.3. The summed E-state index contributed by atoms with van der Waals surface area (Å²) >= 11 is 5.36. The monoisotopic (exact) mass is 1280 g/mol. The molecule has 4 atom stereocenters. The average molecular weight is 1290 g/mol. The van der Waals surface area contributed by atoms with Crippen molar-refractivity contribution in [3.8, 4) is 77.3 Å². The summed E-state index contributed by atoms with van der Waals surface area (Å²) < 4.78 is 47.9. The van der Waals surface area contributed by atoms with Gasteiger partial charge in [0.15, 0.2) is 23.0 Å². The predicted octanol–water partition coefficient (Wildman–Crippen LogP) is 18.0. The van der Waals surface area contributed by atoms with Crippen LogP contribution in [0.15, 0.2) is 158 Å². The molecule has 454 valence electrons. The number of thiophene rings is 2. The summed E-state index contributed by atoms with van der Waals surface area (Å²) in [7, 11) is 0. The minimum absolute atomic E-state index is 0.0516. The Morgan fingerprint density at radius 2 is 0.967 bits per heavy atom. The number of ether oxygens (including phenoxy) is 4. The minimum atomic E-state index is -1.35. The summed E-state index contributed by atoms with van der Waals surface area (Å²) in [6.07, 6.45) is 5.55. The number of carboxylic acids is 2. The van der Waals surface area contributed by atoms with Gasteiger partial charge in [-0.1, -0.05) is 117 Å². The van der Waals surface area contributed by atoms with Crippen LogP contribution >= 0.6 is 46.1 Å². The van der Waals surface area contributed by atoms with Gasteiger partial charge in [0.2, 0.25) is 0 Å². The van der Waals surface area contributed by atoms with Crippen LogP contribution in [0.5, 0.6) is 23.0 Å².